The van der Waals surface area contributed by atoms with E-state index in [9.17, 15) is 0 Å². The number of benzene rings is 4. The first-order chi connectivity index (χ1) is 20.6. The van der Waals surface area contributed by atoms with Gasteiger partial charge in [-0.05, 0) is 74.7 Å². The molecule has 230 valence electrons. The zero-order chi connectivity index (χ0) is 31.7. The lowest BCUT2D eigenvalue weighted by atomic mass is 9.11. The molecule has 4 aromatic carbocycles. The normalized spacial score (nSPS) is 11.4. The van der Waals surface area contributed by atoms with Crippen LogP contribution in [-0.2, 0) is 0 Å². The molecule has 0 atom stereocenters. The summed E-state index contributed by atoms with van der Waals surface area (Å²) in [5.74, 6) is 0. The lowest BCUT2D eigenvalue weighted by Crippen LogP contribution is -3.11. The van der Waals surface area contributed by atoms with Crippen molar-refractivity contribution in [1.29, 1.82) is 0 Å². The maximum atomic E-state index is 2.38. The Hall–Kier alpha value is -3.10. The molecule has 0 heterocycles. The smallest absolute Gasteiger partial charge is 0.109 e. The van der Waals surface area contributed by atoms with E-state index in [1.807, 2.05) is 0 Å². The van der Waals surface area contributed by atoms with Gasteiger partial charge in [0.1, 0.15) is 6.15 Å². The predicted octanol–water partition coefficient (Wildman–Crippen LogP) is 6.63. The Balaban J connectivity index is 0.000000436. The zero-order valence-electron chi connectivity index (χ0n) is 29.2. The van der Waals surface area contributed by atoms with Gasteiger partial charge in [-0.25, -0.2) is 0 Å². The summed E-state index contributed by atoms with van der Waals surface area (Å²) in [6.07, 6.45) is 2.59. The number of nitrogens with one attached hydrogen (secondary N) is 1. The highest BCUT2D eigenvalue weighted by molar-refractivity contribution is 7.20. The maximum Gasteiger partial charge on any atom is 0.109 e. The predicted molar refractivity (Wildman–Crippen MR) is 194 cm³/mol. The number of rotatable bonds is 10. The van der Waals surface area contributed by atoms with Crippen LogP contribution in [0.25, 0.3) is 0 Å². The Morgan fingerprint density at radius 2 is 0.628 bits per heavy atom. The van der Waals surface area contributed by atoms with E-state index in [0.29, 0.717) is 0 Å². The molecule has 0 saturated carbocycles. The van der Waals surface area contributed by atoms with Crippen LogP contribution in [-0.4, -0.2) is 25.8 Å². The van der Waals surface area contributed by atoms with Gasteiger partial charge in [0, 0.05) is 0 Å². The van der Waals surface area contributed by atoms with Crippen molar-refractivity contribution < 1.29 is 4.90 Å². The van der Waals surface area contributed by atoms with Gasteiger partial charge >= 0.3 is 0 Å². The zero-order valence-corrected chi connectivity index (χ0v) is 29.2. The molecule has 0 unspecified atom stereocenters. The summed E-state index contributed by atoms with van der Waals surface area (Å²) in [5.41, 5.74) is 16.7. The Kier molecular flexibility index (Phi) is 12.5. The highest BCUT2D eigenvalue weighted by Crippen LogP contribution is 2.21. The first-order valence-corrected chi connectivity index (χ1v) is 16.8. The van der Waals surface area contributed by atoms with E-state index in [0.717, 1.165) is 0 Å². The Morgan fingerprint density at radius 3 is 0.837 bits per heavy atom. The van der Waals surface area contributed by atoms with Crippen LogP contribution >= 0.6 is 0 Å². The van der Waals surface area contributed by atoms with Gasteiger partial charge in [0.25, 0.3) is 0 Å². The van der Waals surface area contributed by atoms with Crippen molar-refractivity contribution in [2.75, 3.05) is 19.6 Å². The second kappa shape index (κ2) is 15.6. The molecule has 0 aromatic heterocycles. The lowest BCUT2D eigenvalue weighted by Gasteiger charge is -2.49. The van der Waals surface area contributed by atoms with Crippen LogP contribution in [0.4, 0.5) is 0 Å². The number of quaternary nitrogens is 1. The third-order valence-corrected chi connectivity index (χ3v) is 10.3. The van der Waals surface area contributed by atoms with Gasteiger partial charge in [-0.15, -0.1) is 0 Å². The summed E-state index contributed by atoms with van der Waals surface area (Å²) in [7, 11) is 0. The molecular weight excluding hydrogens is 517 g/mol. The topological polar surface area (TPSA) is 4.44 Å². The number of aryl methyl sites for hydroxylation is 4. The van der Waals surface area contributed by atoms with E-state index >= 15 is 0 Å². The van der Waals surface area contributed by atoms with E-state index < -0.39 is 6.15 Å². The van der Waals surface area contributed by atoms with E-state index in [1.165, 1.54) is 105 Å². The lowest BCUT2D eigenvalue weighted by molar-refractivity contribution is -0.900. The maximum absolute atomic E-state index is 2.38. The fourth-order valence-electron chi connectivity index (χ4n) is 7.41. The van der Waals surface area contributed by atoms with Gasteiger partial charge in [-0.1, -0.05) is 138 Å². The van der Waals surface area contributed by atoms with Gasteiger partial charge in [-0.2, -0.15) is 21.9 Å². The molecule has 0 radical (unpaired) electrons. The van der Waals surface area contributed by atoms with Crippen molar-refractivity contribution in [3.8, 4) is 0 Å². The monoisotopic (exact) mass is 575 g/mol. The second-order valence-corrected chi connectivity index (χ2v) is 13.0. The molecule has 0 fully saturated rings. The van der Waals surface area contributed by atoms with Crippen LogP contribution in [0.3, 0.4) is 0 Å². The molecular formula is C41H58BN. The molecule has 0 aliphatic heterocycles. The van der Waals surface area contributed by atoms with Crippen molar-refractivity contribution in [3.63, 3.8) is 0 Å². The minimum absolute atomic E-state index is 1.33. The van der Waals surface area contributed by atoms with E-state index in [-0.39, 0.29) is 0 Å². The van der Waals surface area contributed by atoms with Crippen LogP contribution in [0.15, 0.2) is 72.8 Å². The molecule has 0 amide bonds. The molecule has 1 nitrogen and oxygen atoms in total. The third-order valence-electron chi connectivity index (χ3n) is 10.3. The van der Waals surface area contributed by atoms with Crippen LogP contribution in [0.2, 0.25) is 0 Å². The molecule has 4 aromatic rings. The summed E-state index contributed by atoms with van der Waals surface area (Å²) in [5, 5.41) is 0. The van der Waals surface area contributed by atoms with E-state index in [4.69, 9.17) is 0 Å². The van der Waals surface area contributed by atoms with Gasteiger partial charge in [0.05, 0.1) is 19.6 Å². The molecule has 0 bridgehead atoms. The van der Waals surface area contributed by atoms with Gasteiger partial charge in [-0.3, -0.25) is 0 Å². The molecule has 43 heavy (non-hydrogen) atoms. The van der Waals surface area contributed by atoms with Crippen molar-refractivity contribution in [1.82, 2.24) is 0 Å². The number of hydrogen-bond acceptors (Lipinski definition) is 0. The Labute approximate surface area is 264 Å². The highest BCUT2D eigenvalue weighted by Gasteiger charge is 2.36. The van der Waals surface area contributed by atoms with Crippen LogP contribution in [0.1, 0.15) is 84.5 Å². The number of hydrogen-bond donors (Lipinski definition) is 1. The standard InChI is InChI=1S/C32H36B.C9H21N/c1-21-13-9-17-29(25(21)5)33(30-18-10-14-22(2)26(30)6,31-19-11-15-23(3)27(31)7)32-20-12-16-24(4)28(32)8;1-4-7-10(8-5-2)9-6-3/h9-20H,1-8H3;4-9H2,1-3H3/q-1;/p+1. The third kappa shape index (κ3) is 7.18. The Bertz CT molecular complexity index is 1270. The van der Waals surface area contributed by atoms with Gasteiger partial charge in [0.15, 0.2) is 0 Å². The van der Waals surface area contributed by atoms with Crippen molar-refractivity contribution in [2.45, 2.75) is 95.4 Å². The first kappa shape index (κ1) is 34.4. The minimum atomic E-state index is -1.39. The summed E-state index contributed by atoms with van der Waals surface area (Å²) < 4.78 is 0. The molecule has 4 rings (SSSR count). The van der Waals surface area contributed by atoms with E-state index in [1.54, 1.807) is 4.90 Å². The Morgan fingerprint density at radius 1 is 0.395 bits per heavy atom. The summed E-state index contributed by atoms with van der Waals surface area (Å²) >= 11 is 0. The largest absolute Gasteiger partial charge is 0.335 e. The molecule has 0 aliphatic carbocycles. The molecule has 0 saturated heterocycles. The minimum Gasteiger partial charge on any atom is -0.335 e. The average Bonchev–Trinajstić information content (AvgIpc) is 2.98. The second-order valence-electron chi connectivity index (χ2n) is 13.0. The molecule has 0 spiro atoms. The fraction of sp³-hybridized carbons (Fsp3) is 0.415. The van der Waals surface area contributed by atoms with Gasteiger partial charge in [0.2, 0.25) is 0 Å². The molecule has 1 N–H and O–H groups in total. The van der Waals surface area contributed by atoms with Crippen molar-refractivity contribution in [2.24, 2.45) is 0 Å². The summed E-state index contributed by atoms with van der Waals surface area (Å²) in [4.78, 5) is 1.78. The molecule has 0 aliphatic rings. The quantitative estimate of drug-likeness (QED) is 0.203. The molecule has 2 heteroatoms. The van der Waals surface area contributed by atoms with Crippen LogP contribution in [0.5, 0.6) is 0 Å². The SMILES string of the molecule is CCC[NH+](CCC)CCC.Cc1cccc([B-](c2cccc(C)c2C)(c2cccc(C)c2C)c2cccc(C)c2C)c1C. The van der Waals surface area contributed by atoms with E-state index in [2.05, 4.69) is 149 Å². The average molecular weight is 576 g/mol. The highest BCUT2D eigenvalue weighted by atomic mass is 15.1. The summed E-state index contributed by atoms with van der Waals surface area (Å²) in [6.45, 7) is 29.1. The fourth-order valence-corrected chi connectivity index (χ4v) is 7.41. The van der Waals surface area contributed by atoms with Crippen LogP contribution in [0, 0.1) is 55.4 Å². The van der Waals surface area contributed by atoms with Gasteiger partial charge < -0.3 is 4.90 Å². The van der Waals surface area contributed by atoms with Crippen molar-refractivity contribution in [3.05, 3.63) is 117 Å². The van der Waals surface area contributed by atoms with Crippen LogP contribution < -0.4 is 26.8 Å². The summed E-state index contributed by atoms with van der Waals surface area (Å²) in [6, 6.07) is 27.5. The first-order valence-electron chi connectivity index (χ1n) is 16.8. The van der Waals surface area contributed by atoms with Crippen molar-refractivity contribution >= 4 is 28.0 Å².